The highest BCUT2D eigenvalue weighted by Gasteiger charge is 2.58. The summed E-state index contributed by atoms with van der Waals surface area (Å²) in [5.41, 5.74) is 2.43. The highest BCUT2D eigenvalue weighted by molar-refractivity contribution is 6.01. The van der Waals surface area contributed by atoms with E-state index < -0.39 is 0 Å². The Balaban J connectivity index is 1.30. The fourth-order valence-electron chi connectivity index (χ4n) is 8.87. The van der Waals surface area contributed by atoms with Crippen LogP contribution in [0.4, 0.5) is 10.1 Å². The Labute approximate surface area is 210 Å². The molecule has 0 aromatic heterocycles. The second kappa shape index (κ2) is 9.18. The van der Waals surface area contributed by atoms with Crippen LogP contribution < -0.4 is 4.90 Å². The summed E-state index contributed by atoms with van der Waals surface area (Å²) in [4.78, 5) is 14.2. The summed E-state index contributed by atoms with van der Waals surface area (Å²) in [5, 5.41) is 10.3. The quantitative estimate of drug-likeness (QED) is 0.376. The van der Waals surface area contributed by atoms with E-state index in [1.165, 1.54) is 48.6 Å². The predicted octanol–water partition coefficient (Wildman–Crippen LogP) is 6.92. The van der Waals surface area contributed by atoms with Crippen LogP contribution >= 0.6 is 0 Å². The van der Waals surface area contributed by atoms with Crippen molar-refractivity contribution in [2.75, 3.05) is 11.9 Å². The van der Waals surface area contributed by atoms with Gasteiger partial charge in [-0.1, -0.05) is 50.6 Å². The number of aliphatic hydroxyl groups is 1. The Morgan fingerprint density at radius 2 is 1.91 bits per heavy atom. The van der Waals surface area contributed by atoms with E-state index in [4.69, 9.17) is 0 Å². The van der Waals surface area contributed by atoms with Gasteiger partial charge in [-0.15, -0.1) is 0 Å². The van der Waals surface area contributed by atoms with Crippen molar-refractivity contribution >= 4 is 11.6 Å². The number of anilines is 1. The van der Waals surface area contributed by atoms with Crippen molar-refractivity contribution in [1.29, 1.82) is 0 Å². The number of hydrogen-bond acceptors (Lipinski definition) is 2. The second-order valence-corrected chi connectivity index (χ2v) is 12.5. The molecule has 3 saturated carbocycles. The molecule has 1 aromatic rings. The van der Waals surface area contributed by atoms with Gasteiger partial charge in [-0.05, 0) is 110 Å². The van der Waals surface area contributed by atoms with Crippen LogP contribution in [0.1, 0.15) is 72.1 Å². The average molecular weight is 480 g/mol. The standard InChI is InChI=1S/C31H42FNO2/c1-20(9-14-29(35)33(4)28-8-6-5-7-27(28)32)24-12-13-25-23-11-10-21-19-22(34)15-17-30(21,2)26(23)16-18-31(24,25)3/h5-10,14,20,22-26,34H,11-13,15-19H2,1-4H3/t20-,22?,23+,24-,25+,26+,30+,31-/m1/s1. The van der Waals surface area contributed by atoms with Crippen molar-refractivity contribution in [2.24, 2.45) is 40.4 Å². The lowest BCUT2D eigenvalue weighted by Gasteiger charge is -2.58. The molecule has 5 rings (SSSR count). The zero-order valence-corrected chi connectivity index (χ0v) is 21.8. The molecule has 0 bridgehead atoms. The summed E-state index contributed by atoms with van der Waals surface area (Å²) in [6.07, 6.45) is 15.3. The van der Waals surface area contributed by atoms with Crippen LogP contribution in [0.15, 0.2) is 48.1 Å². The van der Waals surface area contributed by atoms with Crippen LogP contribution in [0.5, 0.6) is 0 Å². The van der Waals surface area contributed by atoms with Crippen LogP contribution in [0.3, 0.4) is 0 Å². The Morgan fingerprint density at radius 1 is 1.14 bits per heavy atom. The number of amides is 1. The van der Waals surface area contributed by atoms with E-state index >= 15 is 0 Å². The lowest BCUT2D eigenvalue weighted by molar-refractivity contribution is -0.114. The topological polar surface area (TPSA) is 40.5 Å². The lowest BCUT2D eigenvalue weighted by atomic mass is 9.47. The van der Waals surface area contributed by atoms with Gasteiger partial charge in [-0.3, -0.25) is 4.79 Å². The van der Waals surface area contributed by atoms with Gasteiger partial charge in [0.1, 0.15) is 5.82 Å². The number of halogens is 1. The number of benzene rings is 1. The van der Waals surface area contributed by atoms with Gasteiger partial charge in [0.25, 0.3) is 0 Å². The summed E-state index contributed by atoms with van der Waals surface area (Å²) in [6.45, 7) is 7.27. The number of carbonyl (C=O) groups excluding carboxylic acids is 1. The molecule has 4 aliphatic rings. The van der Waals surface area contributed by atoms with Crippen LogP contribution in [0, 0.1) is 46.2 Å². The Hall–Kier alpha value is -1.94. The first-order valence-electron chi connectivity index (χ1n) is 13.7. The lowest BCUT2D eigenvalue weighted by Crippen LogP contribution is -2.50. The Kier molecular flexibility index (Phi) is 6.49. The van der Waals surface area contributed by atoms with E-state index in [2.05, 4.69) is 32.9 Å². The normalized spacial score (nSPS) is 39.4. The molecule has 8 atom stereocenters. The highest BCUT2D eigenvalue weighted by Crippen LogP contribution is 2.67. The molecule has 0 heterocycles. The fourth-order valence-corrected chi connectivity index (χ4v) is 8.87. The van der Waals surface area contributed by atoms with E-state index in [0.29, 0.717) is 22.9 Å². The van der Waals surface area contributed by atoms with Crippen LogP contribution in [0.25, 0.3) is 0 Å². The van der Waals surface area contributed by atoms with Gasteiger partial charge in [-0.25, -0.2) is 4.39 Å². The third-order valence-corrected chi connectivity index (χ3v) is 10.9. The molecule has 1 amide bonds. The number of carbonyl (C=O) groups is 1. The Morgan fingerprint density at radius 3 is 2.69 bits per heavy atom. The average Bonchev–Trinajstić information content (AvgIpc) is 3.20. The molecular formula is C31H42FNO2. The molecule has 0 spiro atoms. The SMILES string of the molecule is C[C@H](C=CC(=O)N(C)c1ccccc1F)[C@H]1CC[C@H]2[C@@H]3CC=C4CC(O)CC[C@]4(C)[C@H]3CC[C@]12C. The Bertz CT molecular complexity index is 1030. The van der Waals surface area contributed by atoms with Gasteiger partial charge < -0.3 is 10.0 Å². The molecule has 0 radical (unpaired) electrons. The molecule has 3 nitrogen and oxygen atoms in total. The third-order valence-electron chi connectivity index (χ3n) is 10.9. The molecule has 4 aliphatic carbocycles. The third kappa shape index (κ3) is 4.10. The maximum atomic E-state index is 14.1. The number of likely N-dealkylation sites (N-methyl/N-ethyl adjacent to an activating group) is 1. The van der Waals surface area contributed by atoms with Gasteiger partial charge in [-0.2, -0.15) is 0 Å². The summed E-state index contributed by atoms with van der Waals surface area (Å²) in [5.74, 6) is 2.56. The summed E-state index contributed by atoms with van der Waals surface area (Å²) >= 11 is 0. The largest absolute Gasteiger partial charge is 0.393 e. The predicted molar refractivity (Wildman–Crippen MR) is 139 cm³/mol. The van der Waals surface area contributed by atoms with E-state index in [9.17, 15) is 14.3 Å². The number of rotatable bonds is 4. The monoisotopic (exact) mass is 479 g/mol. The van der Waals surface area contributed by atoms with E-state index in [1.807, 2.05) is 0 Å². The molecule has 1 aromatic carbocycles. The van der Waals surface area contributed by atoms with Crippen LogP contribution in [-0.2, 0) is 4.79 Å². The van der Waals surface area contributed by atoms with Gasteiger partial charge in [0.15, 0.2) is 0 Å². The van der Waals surface area contributed by atoms with Gasteiger partial charge in [0.05, 0.1) is 11.8 Å². The van der Waals surface area contributed by atoms with Gasteiger partial charge in [0, 0.05) is 7.05 Å². The number of hydrogen-bond donors (Lipinski definition) is 1. The smallest absolute Gasteiger partial charge is 0.250 e. The molecule has 4 heteroatoms. The van der Waals surface area contributed by atoms with Crippen LogP contribution in [0.2, 0.25) is 0 Å². The maximum Gasteiger partial charge on any atom is 0.250 e. The first kappa shape index (κ1) is 24.7. The highest BCUT2D eigenvalue weighted by atomic mass is 19.1. The first-order chi connectivity index (χ1) is 16.6. The van der Waals surface area contributed by atoms with Gasteiger partial charge in [0.2, 0.25) is 5.91 Å². The number of fused-ring (bicyclic) bond motifs is 5. The van der Waals surface area contributed by atoms with E-state index in [1.54, 1.807) is 31.3 Å². The van der Waals surface area contributed by atoms with Gasteiger partial charge >= 0.3 is 0 Å². The summed E-state index contributed by atoms with van der Waals surface area (Å²) < 4.78 is 14.1. The van der Waals surface area contributed by atoms with E-state index in [-0.39, 0.29) is 23.2 Å². The van der Waals surface area contributed by atoms with Crippen molar-refractivity contribution in [2.45, 2.75) is 78.2 Å². The zero-order valence-electron chi connectivity index (χ0n) is 21.8. The van der Waals surface area contributed by atoms with E-state index in [0.717, 1.165) is 37.0 Å². The fraction of sp³-hybridized carbons (Fsp3) is 0.645. The number of allylic oxidation sites excluding steroid dienone is 2. The van der Waals surface area contributed by atoms with Crippen molar-refractivity contribution in [3.8, 4) is 0 Å². The maximum absolute atomic E-state index is 14.1. The molecule has 0 aliphatic heterocycles. The minimum atomic E-state index is -0.376. The number of para-hydroxylation sites is 1. The summed E-state index contributed by atoms with van der Waals surface area (Å²) in [6, 6.07) is 6.43. The molecule has 0 saturated heterocycles. The summed E-state index contributed by atoms with van der Waals surface area (Å²) in [7, 11) is 1.64. The molecule has 190 valence electrons. The molecule has 3 fully saturated rings. The van der Waals surface area contributed by atoms with Crippen LogP contribution in [-0.4, -0.2) is 24.2 Å². The number of nitrogens with zero attached hydrogens (tertiary/aromatic N) is 1. The van der Waals surface area contributed by atoms with Crippen molar-refractivity contribution in [1.82, 2.24) is 0 Å². The first-order valence-corrected chi connectivity index (χ1v) is 13.7. The molecule has 35 heavy (non-hydrogen) atoms. The van der Waals surface area contributed by atoms with Crippen molar-refractivity contribution in [3.05, 3.63) is 53.9 Å². The minimum Gasteiger partial charge on any atom is -0.393 e. The molecule has 1 unspecified atom stereocenters. The van der Waals surface area contributed by atoms with Crippen molar-refractivity contribution < 1.29 is 14.3 Å². The van der Waals surface area contributed by atoms with Crippen molar-refractivity contribution in [3.63, 3.8) is 0 Å². The second-order valence-electron chi connectivity index (χ2n) is 12.5. The minimum absolute atomic E-state index is 0.150. The molecule has 1 N–H and O–H groups in total. The molecular weight excluding hydrogens is 437 g/mol. The zero-order chi connectivity index (χ0) is 25.0. The number of aliphatic hydroxyl groups excluding tert-OH is 1.